The van der Waals surface area contributed by atoms with E-state index in [0.29, 0.717) is 29.1 Å². The fraction of sp³-hybridized carbons (Fsp3) is 0.400. The number of hydrogen-bond donors (Lipinski definition) is 5. The summed E-state index contributed by atoms with van der Waals surface area (Å²) in [5, 5.41) is 0.217. The fourth-order valence-electron chi connectivity index (χ4n) is 4.35. The zero-order valence-electron chi connectivity index (χ0n) is 17.6. The second kappa shape index (κ2) is 7.89. The highest BCUT2D eigenvalue weighted by atomic mass is 32.1. The zero-order valence-corrected chi connectivity index (χ0v) is 18.4. The van der Waals surface area contributed by atoms with Gasteiger partial charge in [0, 0.05) is 38.3 Å². The Morgan fingerprint density at radius 1 is 1.34 bits per heavy atom. The summed E-state index contributed by atoms with van der Waals surface area (Å²) < 4.78 is 20.5. The lowest BCUT2D eigenvalue weighted by molar-refractivity contribution is 0.110. The van der Waals surface area contributed by atoms with E-state index in [-0.39, 0.29) is 28.4 Å². The second-order valence-corrected chi connectivity index (χ2v) is 8.77. The van der Waals surface area contributed by atoms with Crippen LogP contribution in [-0.4, -0.2) is 36.2 Å². The van der Waals surface area contributed by atoms with Crippen molar-refractivity contribution in [2.45, 2.75) is 18.9 Å². The van der Waals surface area contributed by atoms with Gasteiger partial charge in [0.05, 0.1) is 29.4 Å². The molecule has 0 bridgehead atoms. The van der Waals surface area contributed by atoms with Crippen LogP contribution in [0.15, 0.2) is 27.6 Å². The maximum absolute atomic E-state index is 15.9. The van der Waals surface area contributed by atoms with Crippen molar-refractivity contribution in [1.82, 2.24) is 19.8 Å². The largest absolute Gasteiger partial charge is 0.343 e. The van der Waals surface area contributed by atoms with Crippen LogP contribution in [0, 0.1) is 11.7 Å². The van der Waals surface area contributed by atoms with Gasteiger partial charge in [0.2, 0.25) is 5.43 Å². The van der Waals surface area contributed by atoms with Gasteiger partial charge in [-0.05, 0) is 30.4 Å². The third-order valence-electron chi connectivity index (χ3n) is 5.97. The molecule has 1 fully saturated rings. The standard InChI is InChI=1S/C20H24FN7O3S/c1-23-24-17-14-12(28(10-3-4-10)20-15(18(14)29)19(30)26-32-20)5-13(16(17)21)27-7-9(6-22)11(8-27)25-31-2/h5,8-10,23-25H,3-4,6-7,22H2,1-2H3,(H,26,30). The van der Waals surface area contributed by atoms with Crippen molar-refractivity contribution in [2.24, 2.45) is 11.7 Å². The van der Waals surface area contributed by atoms with E-state index in [0.717, 1.165) is 30.1 Å². The fourth-order valence-corrected chi connectivity index (χ4v) is 5.28. The number of benzene rings is 1. The number of anilines is 2. The van der Waals surface area contributed by atoms with E-state index in [1.54, 1.807) is 24.2 Å². The molecule has 3 heterocycles. The third kappa shape index (κ3) is 3.10. The van der Waals surface area contributed by atoms with E-state index in [9.17, 15) is 9.59 Å². The van der Waals surface area contributed by atoms with Crippen LogP contribution in [0.5, 0.6) is 0 Å². The summed E-state index contributed by atoms with van der Waals surface area (Å²) >= 11 is 1.14. The van der Waals surface area contributed by atoms with Crippen LogP contribution in [-0.2, 0) is 4.84 Å². The highest BCUT2D eigenvalue weighted by Gasteiger charge is 2.33. The Morgan fingerprint density at radius 3 is 2.78 bits per heavy atom. The third-order valence-corrected chi connectivity index (χ3v) is 6.85. The van der Waals surface area contributed by atoms with Crippen molar-refractivity contribution in [3.8, 4) is 0 Å². The molecule has 1 aromatic carbocycles. The molecule has 2 aliphatic rings. The lowest BCUT2D eigenvalue weighted by Crippen LogP contribution is -2.28. The van der Waals surface area contributed by atoms with Crippen molar-refractivity contribution in [3.05, 3.63) is 44.4 Å². The monoisotopic (exact) mass is 461 g/mol. The van der Waals surface area contributed by atoms with E-state index in [4.69, 9.17) is 10.6 Å². The molecule has 12 heteroatoms. The predicted octanol–water partition coefficient (Wildman–Crippen LogP) is 1.31. The highest BCUT2D eigenvalue weighted by molar-refractivity contribution is 7.12. The first-order valence-electron chi connectivity index (χ1n) is 10.3. The van der Waals surface area contributed by atoms with E-state index >= 15 is 4.39 Å². The summed E-state index contributed by atoms with van der Waals surface area (Å²) in [5.74, 6) is -0.656. The van der Waals surface area contributed by atoms with E-state index in [1.807, 2.05) is 4.57 Å². The maximum atomic E-state index is 15.9. The number of nitrogens with two attached hydrogens (primary N) is 1. The lowest BCUT2D eigenvalue weighted by Gasteiger charge is -2.23. The van der Waals surface area contributed by atoms with Crippen LogP contribution in [0.25, 0.3) is 21.1 Å². The number of aromatic nitrogens is 2. The maximum Gasteiger partial charge on any atom is 0.271 e. The first-order chi connectivity index (χ1) is 15.5. The van der Waals surface area contributed by atoms with E-state index < -0.39 is 16.8 Å². The quantitative estimate of drug-likeness (QED) is 0.333. The van der Waals surface area contributed by atoms with Gasteiger partial charge in [0.25, 0.3) is 5.56 Å². The molecule has 1 atom stereocenters. The Morgan fingerprint density at radius 2 is 2.12 bits per heavy atom. The average molecular weight is 462 g/mol. The van der Waals surface area contributed by atoms with Gasteiger partial charge >= 0.3 is 0 Å². The Hall–Kier alpha value is -2.93. The number of hydrazine groups is 1. The number of aromatic amines is 1. The first kappa shape index (κ1) is 20.9. The topological polar surface area (TPSA) is 129 Å². The number of halogens is 1. The normalized spacial score (nSPS) is 18.6. The van der Waals surface area contributed by atoms with Gasteiger partial charge in [-0.1, -0.05) is 0 Å². The molecular formula is C20H24FN7O3S. The summed E-state index contributed by atoms with van der Waals surface area (Å²) in [6.07, 6.45) is 3.63. The molecule has 32 heavy (non-hydrogen) atoms. The molecule has 0 radical (unpaired) electrons. The molecule has 5 rings (SSSR count). The number of nitrogens with zero attached hydrogens (tertiary/aromatic N) is 2. The van der Waals surface area contributed by atoms with Gasteiger partial charge in [-0.15, -0.1) is 0 Å². The number of pyridine rings is 1. The molecule has 10 nitrogen and oxygen atoms in total. The van der Waals surface area contributed by atoms with Crippen molar-refractivity contribution >= 4 is 44.0 Å². The summed E-state index contributed by atoms with van der Waals surface area (Å²) in [4.78, 5) is 33.1. The number of fused-ring (bicyclic) bond motifs is 2. The predicted molar refractivity (Wildman–Crippen MR) is 123 cm³/mol. The van der Waals surface area contributed by atoms with Crippen molar-refractivity contribution < 1.29 is 9.23 Å². The molecule has 1 aliphatic carbocycles. The van der Waals surface area contributed by atoms with Gasteiger partial charge in [0.15, 0.2) is 5.82 Å². The highest BCUT2D eigenvalue weighted by Crippen LogP contribution is 2.43. The van der Waals surface area contributed by atoms with Gasteiger partial charge < -0.3 is 20.6 Å². The summed E-state index contributed by atoms with van der Waals surface area (Å²) in [6.45, 7) is 0.817. The van der Waals surface area contributed by atoms with Crippen LogP contribution in [0.4, 0.5) is 15.8 Å². The summed E-state index contributed by atoms with van der Waals surface area (Å²) in [5.41, 5.74) is 14.9. The van der Waals surface area contributed by atoms with Crippen molar-refractivity contribution in [1.29, 1.82) is 0 Å². The van der Waals surface area contributed by atoms with Crippen LogP contribution < -0.4 is 38.0 Å². The molecule has 0 amide bonds. The molecule has 1 saturated carbocycles. The van der Waals surface area contributed by atoms with Crippen LogP contribution in [0.1, 0.15) is 18.9 Å². The molecule has 0 spiro atoms. The van der Waals surface area contributed by atoms with Crippen molar-refractivity contribution in [2.75, 3.05) is 37.6 Å². The second-order valence-electron chi connectivity index (χ2n) is 7.97. The van der Waals surface area contributed by atoms with Crippen LogP contribution in [0.3, 0.4) is 0 Å². The van der Waals surface area contributed by atoms with Crippen molar-refractivity contribution in [3.63, 3.8) is 0 Å². The summed E-state index contributed by atoms with van der Waals surface area (Å²) in [7, 11) is 3.10. The SMILES string of the molecule is CNNc1c(F)c(N2C=C(NOC)C(CN)C2)cc2c1c(=O)c1c(=O)[nH]sc1n2C1CC1. The average Bonchev–Trinajstić information content (AvgIpc) is 3.42. The molecule has 2 aromatic heterocycles. The number of hydrogen-bond acceptors (Lipinski definition) is 9. The molecule has 0 saturated heterocycles. The molecule has 170 valence electrons. The summed E-state index contributed by atoms with van der Waals surface area (Å²) in [6, 6.07) is 1.85. The first-order valence-corrected chi connectivity index (χ1v) is 11.1. The smallest absolute Gasteiger partial charge is 0.271 e. The van der Waals surface area contributed by atoms with E-state index in [2.05, 4.69) is 20.7 Å². The molecule has 6 N–H and O–H groups in total. The number of hydroxylamine groups is 1. The minimum Gasteiger partial charge on any atom is -0.343 e. The zero-order chi connectivity index (χ0) is 22.6. The Bertz CT molecular complexity index is 1360. The lowest BCUT2D eigenvalue weighted by atomic mass is 10.1. The van der Waals surface area contributed by atoms with Gasteiger partial charge in [-0.3, -0.25) is 24.3 Å². The number of nitrogens with one attached hydrogen (secondary N) is 4. The molecular weight excluding hydrogens is 437 g/mol. The van der Waals surface area contributed by atoms with Crippen LogP contribution >= 0.6 is 11.5 Å². The Kier molecular flexibility index (Phi) is 5.16. The Labute approximate surface area is 185 Å². The number of rotatable bonds is 7. The molecule has 3 aromatic rings. The minimum atomic E-state index is -0.594. The van der Waals surface area contributed by atoms with Gasteiger partial charge in [0.1, 0.15) is 15.9 Å². The van der Waals surface area contributed by atoms with Gasteiger partial charge in [-0.25, -0.2) is 9.82 Å². The van der Waals surface area contributed by atoms with Crippen LogP contribution in [0.2, 0.25) is 0 Å². The molecule has 1 unspecified atom stereocenters. The van der Waals surface area contributed by atoms with Gasteiger partial charge in [-0.2, -0.15) is 0 Å². The Balaban J connectivity index is 1.83. The molecule has 1 aliphatic heterocycles. The number of H-pyrrole nitrogens is 1. The van der Waals surface area contributed by atoms with E-state index in [1.165, 1.54) is 7.11 Å². The minimum absolute atomic E-state index is 0.0118.